The van der Waals surface area contributed by atoms with E-state index in [2.05, 4.69) is 37.2 Å². The Morgan fingerprint density at radius 1 is 1.05 bits per heavy atom. The molecule has 0 amide bonds. The first-order valence-corrected chi connectivity index (χ1v) is 7.22. The van der Waals surface area contributed by atoms with Gasteiger partial charge in [0.1, 0.15) is 11.6 Å². The van der Waals surface area contributed by atoms with Crippen molar-refractivity contribution >= 4 is 37.5 Å². The van der Waals surface area contributed by atoms with Crippen LogP contribution in [0.2, 0.25) is 0 Å². The molecule has 0 aliphatic rings. The van der Waals surface area contributed by atoms with Crippen molar-refractivity contribution in [2.75, 3.05) is 5.32 Å². The van der Waals surface area contributed by atoms with E-state index in [0.29, 0.717) is 0 Å². The predicted molar refractivity (Wildman–Crippen MR) is 80.2 cm³/mol. The summed E-state index contributed by atoms with van der Waals surface area (Å²) in [6, 6.07) is 9.80. The summed E-state index contributed by atoms with van der Waals surface area (Å²) in [5, 5.41) is 2.97. The van der Waals surface area contributed by atoms with Crippen LogP contribution in [-0.2, 0) is 0 Å². The third kappa shape index (κ3) is 3.54. The summed E-state index contributed by atoms with van der Waals surface area (Å²) in [6.45, 7) is 1.89. The minimum atomic E-state index is -0.495. The molecule has 1 N–H and O–H groups in total. The average Bonchev–Trinajstić information content (AvgIpc) is 2.36. The van der Waals surface area contributed by atoms with Crippen LogP contribution in [-0.4, -0.2) is 0 Å². The van der Waals surface area contributed by atoms with Gasteiger partial charge in [-0.3, -0.25) is 0 Å². The van der Waals surface area contributed by atoms with Gasteiger partial charge in [-0.1, -0.05) is 28.1 Å². The molecule has 2 rings (SSSR count). The molecule has 0 heterocycles. The van der Waals surface area contributed by atoms with E-state index in [1.54, 1.807) is 0 Å². The quantitative estimate of drug-likeness (QED) is 0.666. The summed E-state index contributed by atoms with van der Waals surface area (Å²) in [4.78, 5) is 0. The lowest BCUT2D eigenvalue weighted by Gasteiger charge is -2.17. The number of halogens is 4. The van der Waals surface area contributed by atoms with Crippen LogP contribution < -0.4 is 5.32 Å². The molecule has 0 saturated carbocycles. The third-order valence-electron chi connectivity index (χ3n) is 2.73. The summed E-state index contributed by atoms with van der Waals surface area (Å²) in [5.41, 5.74) is 1.13. The number of anilines is 1. The second-order valence-electron chi connectivity index (χ2n) is 4.17. The Balaban J connectivity index is 2.24. The molecule has 0 spiro atoms. The van der Waals surface area contributed by atoms with E-state index in [0.717, 1.165) is 22.2 Å². The SMILES string of the molecule is CC(Nc1cc(F)c(Br)cc1F)c1cccc(Br)c1. The van der Waals surface area contributed by atoms with Gasteiger partial charge in [0.2, 0.25) is 0 Å². The number of benzene rings is 2. The van der Waals surface area contributed by atoms with Crippen LogP contribution >= 0.6 is 31.9 Å². The van der Waals surface area contributed by atoms with E-state index in [-0.39, 0.29) is 16.2 Å². The Kier molecular flexibility index (Phi) is 4.58. The molecule has 1 atom stereocenters. The lowest BCUT2D eigenvalue weighted by Crippen LogP contribution is -2.08. The van der Waals surface area contributed by atoms with Crippen LogP contribution in [0, 0.1) is 11.6 Å². The molecular formula is C14H11Br2F2N. The fourth-order valence-electron chi connectivity index (χ4n) is 1.73. The summed E-state index contributed by atoms with van der Waals surface area (Å²) < 4.78 is 28.2. The summed E-state index contributed by atoms with van der Waals surface area (Å²) in [7, 11) is 0. The monoisotopic (exact) mass is 389 g/mol. The largest absolute Gasteiger partial charge is 0.376 e. The smallest absolute Gasteiger partial charge is 0.147 e. The average molecular weight is 391 g/mol. The van der Waals surface area contributed by atoms with Crippen molar-refractivity contribution in [2.24, 2.45) is 0 Å². The van der Waals surface area contributed by atoms with Gasteiger partial charge in [0.25, 0.3) is 0 Å². The highest BCUT2D eigenvalue weighted by Gasteiger charge is 2.12. The van der Waals surface area contributed by atoms with Gasteiger partial charge in [-0.05, 0) is 46.6 Å². The van der Waals surface area contributed by atoms with Crippen LogP contribution in [0.4, 0.5) is 14.5 Å². The minimum absolute atomic E-state index is 0.116. The Bertz CT molecular complexity index is 602. The van der Waals surface area contributed by atoms with Crippen molar-refractivity contribution in [1.29, 1.82) is 0 Å². The fourth-order valence-corrected chi connectivity index (χ4v) is 2.46. The number of hydrogen-bond acceptors (Lipinski definition) is 1. The van der Waals surface area contributed by atoms with Crippen molar-refractivity contribution in [2.45, 2.75) is 13.0 Å². The zero-order valence-corrected chi connectivity index (χ0v) is 13.2. The lowest BCUT2D eigenvalue weighted by molar-refractivity contribution is 0.595. The van der Waals surface area contributed by atoms with Gasteiger partial charge in [0.05, 0.1) is 10.2 Å². The van der Waals surface area contributed by atoms with E-state index in [4.69, 9.17) is 0 Å². The molecule has 0 radical (unpaired) electrons. The maximum absolute atomic E-state index is 13.7. The molecule has 1 nitrogen and oxygen atoms in total. The van der Waals surface area contributed by atoms with Crippen LogP contribution in [0.1, 0.15) is 18.5 Å². The molecule has 0 saturated heterocycles. The highest BCUT2D eigenvalue weighted by Crippen LogP contribution is 2.27. The zero-order valence-electron chi connectivity index (χ0n) is 10.1. The summed E-state index contributed by atoms with van der Waals surface area (Å²) >= 11 is 6.34. The second kappa shape index (κ2) is 6.01. The van der Waals surface area contributed by atoms with Gasteiger partial charge in [-0.25, -0.2) is 8.78 Å². The van der Waals surface area contributed by atoms with E-state index in [1.165, 1.54) is 0 Å². The topological polar surface area (TPSA) is 12.0 Å². The fraction of sp³-hybridized carbons (Fsp3) is 0.143. The van der Waals surface area contributed by atoms with Crippen LogP contribution in [0.15, 0.2) is 45.3 Å². The maximum Gasteiger partial charge on any atom is 0.147 e. The maximum atomic E-state index is 13.7. The van der Waals surface area contributed by atoms with Gasteiger partial charge in [-0.2, -0.15) is 0 Å². The van der Waals surface area contributed by atoms with Gasteiger partial charge >= 0.3 is 0 Å². The van der Waals surface area contributed by atoms with E-state index >= 15 is 0 Å². The Hall–Kier alpha value is -0.940. The molecule has 0 aromatic heterocycles. The molecule has 0 aliphatic carbocycles. The first-order chi connectivity index (χ1) is 8.97. The number of hydrogen-bond donors (Lipinski definition) is 1. The Morgan fingerprint density at radius 3 is 2.47 bits per heavy atom. The van der Waals surface area contributed by atoms with Gasteiger partial charge in [0, 0.05) is 16.6 Å². The van der Waals surface area contributed by atoms with Crippen LogP contribution in [0.25, 0.3) is 0 Å². The van der Waals surface area contributed by atoms with E-state index in [9.17, 15) is 8.78 Å². The Morgan fingerprint density at radius 2 is 1.79 bits per heavy atom. The molecular weight excluding hydrogens is 380 g/mol. The van der Waals surface area contributed by atoms with Gasteiger partial charge in [-0.15, -0.1) is 0 Å². The van der Waals surface area contributed by atoms with Crippen LogP contribution in [0.3, 0.4) is 0 Å². The standard InChI is InChI=1S/C14H11Br2F2N/c1-8(9-3-2-4-10(15)5-9)19-14-7-12(17)11(16)6-13(14)18/h2-8,19H,1H3. The van der Waals surface area contributed by atoms with Crippen molar-refractivity contribution in [3.05, 3.63) is 62.5 Å². The number of rotatable bonds is 3. The molecule has 0 bridgehead atoms. The summed E-state index contributed by atoms with van der Waals surface area (Å²) in [5.74, 6) is -0.986. The van der Waals surface area contributed by atoms with Crippen molar-refractivity contribution in [1.82, 2.24) is 0 Å². The highest BCUT2D eigenvalue weighted by molar-refractivity contribution is 9.10. The van der Waals surface area contributed by atoms with Crippen molar-refractivity contribution in [3.63, 3.8) is 0 Å². The summed E-state index contributed by atoms with van der Waals surface area (Å²) in [6.07, 6.45) is 0. The molecule has 19 heavy (non-hydrogen) atoms. The van der Waals surface area contributed by atoms with E-state index < -0.39 is 11.6 Å². The molecule has 100 valence electrons. The molecule has 1 unspecified atom stereocenters. The van der Waals surface area contributed by atoms with Crippen molar-refractivity contribution < 1.29 is 8.78 Å². The number of nitrogens with one attached hydrogen (secondary N) is 1. The minimum Gasteiger partial charge on any atom is -0.376 e. The second-order valence-corrected chi connectivity index (χ2v) is 5.94. The van der Waals surface area contributed by atoms with Crippen molar-refractivity contribution in [3.8, 4) is 0 Å². The first-order valence-electron chi connectivity index (χ1n) is 5.64. The Labute approximate surface area is 127 Å². The van der Waals surface area contributed by atoms with E-state index in [1.807, 2.05) is 31.2 Å². The molecule has 0 aliphatic heterocycles. The van der Waals surface area contributed by atoms with Gasteiger partial charge < -0.3 is 5.32 Å². The normalized spacial score (nSPS) is 12.3. The molecule has 0 fully saturated rings. The van der Waals surface area contributed by atoms with Crippen LogP contribution in [0.5, 0.6) is 0 Å². The zero-order chi connectivity index (χ0) is 14.0. The highest BCUT2D eigenvalue weighted by atomic mass is 79.9. The predicted octanol–water partition coefficient (Wildman–Crippen LogP) is 5.66. The molecule has 2 aromatic rings. The third-order valence-corrected chi connectivity index (χ3v) is 3.83. The lowest BCUT2D eigenvalue weighted by atomic mass is 10.1. The van der Waals surface area contributed by atoms with Gasteiger partial charge in [0.15, 0.2) is 0 Å². The first kappa shape index (κ1) is 14.5. The molecule has 2 aromatic carbocycles. The molecule has 5 heteroatoms.